The van der Waals surface area contributed by atoms with Crippen LogP contribution in [0.25, 0.3) is 11.1 Å². The van der Waals surface area contributed by atoms with Crippen molar-refractivity contribution in [2.75, 3.05) is 33.3 Å². The summed E-state index contributed by atoms with van der Waals surface area (Å²) in [5, 5.41) is 2.81. The highest BCUT2D eigenvalue weighted by Crippen LogP contribution is 2.22. The first-order valence-electron chi connectivity index (χ1n) is 16.5. The second-order valence-electron chi connectivity index (χ2n) is 12.9. The molecule has 1 N–H and O–H groups in total. The monoisotopic (exact) mass is 657 g/mol. The van der Waals surface area contributed by atoms with Crippen LogP contribution < -0.4 is 5.32 Å². The van der Waals surface area contributed by atoms with Gasteiger partial charge < -0.3 is 29.3 Å². The van der Waals surface area contributed by atoms with Gasteiger partial charge in [0.1, 0.15) is 18.2 Å². The lowest BCUT2D eigenvalue weighted by Gasteiger charge is -2.40. The first-order valence-corrected chi connectivity index (χ1v) is 16.5. The minimum absolute atomic E-state index is 0.0318. The number of unbranched alkanes of at least 4 members (excludes halogenated alkanes) is 1. The third-order valence-electron chi connectivity index (χ3n) is 8.07. The fourth-order valence-electron chi connectivity index (χ4n) is 5.45. The molecule has 256 valence electrons. The van der Waals surface area contributed by atoms with Crippen molar-refractivity contribution < 1.29 is 33.4 Å². The number of ether oxygens (including phenoxy) is 3. The first-order chi connectivity index (χ1) is 23.0. The number of methoxy groups -OCH3 is 1. The zero-order valence-electron chi connectivity index (χ0n) is 28.4. The van der Waals surface area contributed by atoms with Gasteiger partial charge in [-0.3, -0.25) is 4.79 Å². The van der Waals surface area contributed by atoms with Crippen LogP contribution in [0.4, 0.5) is 9.59 Å². The van der Waals surface area contributed by atoms with Crippen LogP contribution in [0.2, 0.25) is 0 Å². The molecule has 3 aromatic carbocycles. The van der Waals surface area contributed by atoms with E-state index < -0.39 is 29.8 Å². The number of piperazine rings is 1. The van der Waals surface area contributed by atoms with E-state index in [2.05, 4.69) is 29.6 Å². The minimum Gasteiger partial charge on any atom is -0.467 e. The molecule has 4 rings (SSSR count). The lowest BCUT2D eigenvalue weighted by Crippen LogP contribution is -2.60. The van der Waals surface area contributed by atoms with Crippen molar-refractivity contribution in [3.8, 4) is 11.1 Å². The molecule has 1 aliphatic rings. The number of rotatable bonds is 12. The average Bonchev–Trinajstić information content (AvgIpc) is 3.09. The molecule has 0 radical (unpaired) electrons. The molecule has 1 fully saturated rings. The second-order valence-corrected chi connectivity index (χ2v) is 12.9. The Balaban J connectivity index is 1.19. The summed E-state index contributed by atoms with van der Waals surface area (Å²) in [7, 11) is 1.28. The third kappa shape index (κ3) is 11.1. The van der Waals surface area contributed by atoms with Crippen molar-refractivity contribution in [1.82, 2.24) is 15.1 Å². The summed E-state index contributed by atoms with van der Waals surface area (Å²) < 4.78 is 15.6. The summed E-state index contributed by atoms with van der Waals surface area (Å²) in [4.78, 5) is 53.2. The molecule has 1 saturated heterocycles. The zero-order chi connectivity index (χ0) is 34.5. The van der Waals surface area contributed by atoms with Crippen LogP contribution in [0.5, 0.6) is 0 Å². The van der Waals surface area contributed by atoms with Crippen molar-refractivity contribution in [2.24, 2.45) is 0 Å². The number of hydrogen-bond donors (Lipinski definition) is 1. The molecule has 1 atom stereocenters. The van der Waals surface area contributed by atoms with Gasteiger partial charge in [-0.15, -0.1) is 0 Å². The standard InChI is InChI=1S/C38H47N3O7/c1-38(2,3)48-37(45)40-24-25-41(33(26-40)35(43)46-4)34(42)22-17-29-15-20-32(21-16-29)31-18-13-28(14-19-31)10-8-9-23-39-36(44)47-27-30-11-6-5-7-12-30/h5-7,11-16,18-21,33H,8-10,17,22-27H2,1-4H3,(H,39,44)/t33-/m1/s1. The molecule has 0 aromatic heterocycles. The summed E-state index contributed by atoms with van der Waals surface area (Å²) in [6, 6.07) is 25.3. The van der Waals surface area contributed by atoms with Gasteiger partial charge in [0.15, 0.2) is 0 Å². The number of alkyl carbamates (subject to hydrolysis) is 1. The molecule has 0 saturated carbocycles. The van der Waals surface area contributed by atoms with Gasteiger partial charge in [-0.1, -0.05) is 78.9 Å². The number of benzene rings is 3. The van der Waals surface area contributed by atoms with Crippen molar-refractivity contribution in [1.29, 1.82) is 0 Å². The largest absolute Gasteiger partial charge is 0.467 e. The Bertz CT molecular complexity index is 1500. The maximum absolute atomic E-state index is 13.2. The van der Waals surface area contributed by atoms with Crippen LogP contribution in [0, 0.1) is 0 Å². The van der Waals surface area contributed by atoms with E-state index in [4.69, 9.17) is 14.2 Å². The van der Waals surface area contributed by atoms with E-state index >= 15 is 0 Å². The molecule has 1 heterocycles. The van der Waals surface area contributed by atoms with Crippen LogP contribution in [0.3, 0.4) is 0 Å². The van der Waals surface area contributed by atoms with E-state index in [1.54, 1.807) is 20.8 Å². The first kappa shape index (κ1) is 36.0. The van der Waals surface area contributed by atoms with E-state index in [1.807, 2.05) is 54.6 Å². The van der Waals surface area contributed by atoms with E-state index in [9.17, 15) is 19.2 Å². The number of hydrogen-bond acceptors (Lipinski definition) is 7. The highest BCUT2D eigenvalue weighted by molar-refractivity contribution is 5.86. The van der Waals surface area contributed by atoms with Crippen molar-refractivity contribution in [3.63, 3.8) is 0 Å². The molecule has 3 amide bonds. The summed E-state index contributed by atoms with van der Waals surface area (Å²) in [6.45, 7) is 6.72. The molecular weight excluding hydrogens is 610 g/mol. The maximum atomic E-state index is 13.2. The topological polar surface area (TPSA) is 114 Å². The second kappa shape index (κ2) is 17.3. The number of esters is 1. The Morgan fingerprint density at radius 1 is 0.792 bits per heavy atom. The van der Waals surface area contributed by atoms with Crippen LogP contribution in [-0.4, -0.2) is 78.8 Å². The minimum atomic E-state index is -0.875. The SMILES string of the molecule is COC(=O)[C@H]1CN(C(=O)OC(C)(C)C)CCN1C(=O)CCc1ccc(-c2ccc(CCCCNC(=O)OCc3ccccc3)cc2)cc1. The molecular formula is C38H47N3O7. The van der Waals surface area contributed by atoms with Gasteiger partial charge in [0.25, 0.3) is 0 Å². The van der Waals surface area contributed by atoms with Gasteiger partial charge in [-0.05, 0) is 74.3 Å². The van der Waals surface area contributed by atoms with Gasteiger partial charge in [-0.2, -0.15) is 0 Å². The molecule has 48 heavy (non-hydrogen) atoms. The summed E-state index contributed by atoms with van der Waals surface area (Å²) >= 11 is 0. The van der Waals surface area contributed by atoms with E-state index in [-0.39, 0.29) is 38.6 Å². The molecule has 10 heteroatoms. The molecule has 0 spiro atoms. The smallest absolute Gasteiger partial charge is 0.410 e. The Morgan fingerprint density at radius 2 is 1.42 bits per heavy atom. The number of carbonyl (C=O) groups excluding carboxylic acids is 4. The number of amides is 3. The number of nitrogens with zero attached hydrogens (tertiary/aromatic N) is 2. The molecule has 1 aliphatic heterocycles. The van der Waals surface area contributed by atoms with Gasteiger partial charge in [-0.25, -0.2) is 14.4 Å². The number of carbonyl (C=O) groups is 4. The quantitative estimate of drug-likeness (QED) is 0.141. The molecule has 0 unspecified atom stereocenters. The Hall–Kier alpha value is -4.86. The summed E-state index contributed by atoms with van der Waals surface area (Å²) in [5.41, 5.74) is 4.74. The number of aryl methyl sites for hydroxylation is 2. The average molecular weight is 658 g/mol. The lowest BCUT2D eigenvalue weighted by atomic mass is 9.99. The fourth-order valence-corrected chi connectivity index (χ4v) is 5.45. The highest BCUT2D eigenvalue weighted by atomic mass is 16.6. The Morgan fingerprint density at radius 3 is 2.02 bits per heavy atom. The van der Waals surface area contributed by atoms with E-state index in [0.29, 0.717) is 13.0 Å². The summed E-state index contributed by atoms with van der Waals surface area (Å²) in [6.07, 6.45) is 2.57. The molecule has 10 nitrogen and oxygen atoms in total. The lowest BCUT2D eigenvalue weighted by molar-refractivity contribution is -0.156. The van der Waals surface area contributed by atoms with Gasteiger partial charge in [0, 0.05) is 26.1 Å². The summed E-state index contributed by atoms with van der Waals surface area (Å²) in [5.74, 6) is -0.714. The normalized spacial score (nSPS) is 14.6. The molecule has 0 aliphatic carbocycles. The Kier molecular flexibility index (Phi) is 13.0. The van der Waals surface area contributed by atoms with Crippen molar-refractivity contribution >= 4 is 24.1 Å². The Labute approximate surface area is 283 Å². The van der Waals surface area contributed by atoms with E-state index in [0.717, 1.165) is 41.5 Å². The van der Waals surface area contributed by atoms with Crippen LogP contribution >= 0.6 is 0 Å². The van der Waals surface area contributed by atoms with Crippen LogP contribution in [0.15, 0.2) is 78.9 Å². The fraction of sp³-hybridized carbons (Fsp3) is 0.421. The predicted octanol–water partition coefficient (Wildman–Crippen LogP) is 6.16. The van der Waals surface area contributed by atoms with E-state index in [1.165, 1.54) is 22.5 Å². The third-order valence-corrected chi connectivity index (χ3v) is 8.07. The molecule has 0 bridgehead atoms. The van der Waals surface area contributed by atoms with Gasteiger partial charge in [0.2, 0.25) is 5.91 Å². The van der Waals surface area contributed by atoms with Crippen LogP contribution in [-0.2, 0) is 43.2 Å². The number of nitrogens with one attached hydrogen (secondary N) is 1. The maximum Gasteiger partial charge on any atom is 0.410 e. The highest BCUT2D eigenvalue weighted by Gasteiger charge is 2.38. The zero-order valence-corrected chi connectivity index (χ0v) is 28.4. The van der Waals surface area contributed by atoms with Gasteiger partial charge in [0.05, 0.1) is 13.7 Å². The molecule has 3 aromatic rings. The van der Waals surface area contributed by atoms with Crippen molar-refractivity contribution in [2.45, 2.75) is 71.1 Å². The van der Waals surface area contributed by atoms with Gasteiger partial charge >= 0.3 is 18.2 Å². The predicted molar refractivity (Wildman–Crippen MR) is 183 cm³/mol. The van der Waals surface area contributed by atoms with Crippen LogP contribution in [0.1, 0.15) is 56.7 Å². The van der Waals surface area contributed by atoms with Crippen molar-refractivity contribution in [3.05, 3.63) is 95.6 Å².